The van der Waals surface area contributed by atoms with E-state index in [4.69, 9.17) is 9.72 Å². The molecule has 0 aliphatic rings. The Morgan fingerprint density at radius 2 is 2.10 bits per heavy atom. The second-order valence-electron chi connectivity index (χ2n) is 6.11. The average molecular weight is 409 g/mol. The van der Waals surface area contributed by atoms with Crippen LogP contribution in [0, 0.1) is 6.92 Å². The molecule has 148 valence electrons. The van der Waals surface area contributed by atoms with Gasteiger partial charge in [-0.25, -0.2) is 14.8 Å². The van der Waals surface area contributed by atoms with Crippen molar-refractivity contribution in [3.05, 3.63) is 54.5 Å². The Balaban J connectivity index is 1.54. The highest BCUT2D eigenvalue weighted by atomic mass is 32.2. The van der Waals surface area contributed by atoms with Gasteiger partial charge in [0.05, 0.1) is 6.61 Å². The first-order valence-electron chi connectivity index (χ1n) is 8.95. The van der Waals surface area contributed by atoms with Crippen molar-refractivity contribution in [1.82, 2.24) is 24.6 Å². The third kappa shape index (κ3) is 4.49. The number of ether oxygens (including phenoxy) is 1. The molecule has 3 N–H and O–H groups in total. The van der Waals surface area contributed by atoms with Crippen LogP contribution in [0.3, 0.4) is 0 Å². The maximum Gasteiger partial charge on any atom is 0.411 e. The van der Waals surface area contributed by atoms with Crippen molar-refractivity contribution in [2.75, 3.05) is 17.2 Å². The van der Waals surface area contributed by atoms with Crippen LogP contribution in [0.2, 0.25) is 0 Å². The highest BCUT2D eigenvalue weighted by Gasteiger charge is 2.10. The number of nitrogens with one attached hydrogen (secondary N) is 3. The Morgan fingerprint density at radius 3 is 2.83 bits per heavy atom. The number of carbonyl (C=O) groups is 1. The minimum atomic E-state index is -0.469. The number of aromatic nitrogens is 5. The zero-order valence-corrected chi connectivity index (χ0v) is 16.7. The third-order valence-electron chi connectivity index (χ3n) is 3.91. The summed E-state index contributed by atoms with van der Waals surface area (Å²) >= 11 is 1.50. The summed E-state index contributed by atoms with van der Waals surface area (Å²) in [4.78, 5) is 21.6. The van der Waals surface area contributed by atoms with Gasteiger partial charge in [0.1, 0.15) is 10.7 Å². The molecule has 0 atom stereocenters. The Labute approximate surface area is 170 Å². The Bertz CT molecular complexity index is 1140. The van der Waals surface area contributed by atoms with Gasteiger partial charge in [0.25, 0.3) is 0 Å². The zero-order chi connectivity index (χ0) is 20.2. The highest BCUT2D eigenvalue weighted by Crippen LogP contribution is 2.29. The van der Waals surface area contributed by atoms with E-state index in [1.54, 1.807) is 13.1 Å². The molecule has 0 aliphatic carbocycles. The number of rotatable bonds is 6. The van der Waals surface area contributed by atoms with E-state index in [9.17, 15) is 4.79 Å². The van der Waals surface area contributed by atoms with E-state index < -0.39 is 6.09 Å². The molecule has 10 heteroatoms. The summed E-state index contributed by atoms with van der Waals surface area (Å²) in [6.07, 6.45) is 3.10. The Morgan fingerprint density at radius 1 is 1.28 bits per heavy atom. The second kappa shape index (κ2) is 8.23. The largest absolute Gasteiger partial charge is 0.450 e. The average Bonchev–Trinajstić information content (AvgIpc) is 3.32. The van der Waals surface area contributed by atoms with Gasteiger partial charge >= 0.3 is 6.09 Å². The van der Waals surface area contributed by atoms with Crippen LogP contribution in [0.4, 0.5) is 22.2 Å². The van der Waals surface area contributed by atoms with Crippen molar-refractivity contribution in [2.24, 2.45) is 0 Å². The maximum absolute atomic E-state index is 11.5. The standard InChI is InChI=1S/C19H19N7O2S/c1-3-28-19(27)21-13-4-6-14(7-5-13)29-17-11-16-20-8-9-26(16)18(23-17)22-15-10-12(2)24-25-15/h4-11H,3H2,1-2H3,(H,21,27)(H2,22,23,24,25). The molecule has 29 heavy (non-hydrogen) atoms. The van der Waals surface area contributed by atoms with Gasteiger partial charge in [-0.3, -0.25) is 14.8 Å². The lowest BCUT2D eigenvalue weighted by Gasteiger charge is -2.09. The van der Waals surface area contributed by atoms with Gasteiger partial charge < -0.3 is 10.1 Å². The monoisotopic (exact) mass is 409 g/mol. The van der Waals surface area contributed by atoms with Crippen LogP contribution in [0.15, 0.2) is 58.7 Å². The number of aromatic amines is 1. The van der Waals surface area contributed by atoms with Gasteiger partial charge in [-0.05, 0) is 38.1 Å². The molecule has 0 fully saturated rings. The van der Waals surface area contributed by atoms with Crippen LogP contribution in [0.1, 0.15) is 12.6 Å². The number of imidazole rings is 1. The van der Waals surface area contributed by atoms with E-state index in [0.29, 0.717) is 24.1 Å². The number of amides is 1. The predicted molar refractivity (Wildman–Crippen MR) is 111 cm³/mol. The van der Waals surface area contributed by atoms with Gasteiger partial charge in [-0.15, -0.1) is 0 Å². The molecule has 3 aromatic heterocycles. The van der Waals surface area contributed by atoms with Crippen LogP contribution in [-0.2, 0) is 4.74 Å². The van der Waals surface area contributed by atoms with Gasteiger partial charge in [0, 0.05) is 40.8 Å². The van der Waals surface area contributed by atoms with Crippen LogP contribution < -0.4 is 10.6 Å². The normalized spacial score (nSPS) is 10.8. The van der Waals surface area contributed by atoms with Gasteiger partial charge in [-0.2, -0.15) is 5.10 Å². The van der Waals surface area contributed by atoms with Crippen LogP contribution in [-0.4, -0.2) is 37.3 Å². The van der Waals surface area contributed by atoms with Crippen LogP contribution in [0.25, 0.3) is 5.65 Å². The topological polar surface area (TPSA) is 109 Å². The summed E-state index contributed by atoms with van der Waals surface area (Å²) in [5, 5.41) is 13.8. The summed E-state index contributed by atoms with van der Waals surface area (Å²) < 4.78 is 6.74. The molecule has 0 saturated heterocycles. The Hall–Kier alpha value is -3.53. The predicted octanol–water partition coefficient (Wildman–Crippen LogP) is 4.22. The molecular weight excluding hydrogens is 390 g/mol. The number of carbonyl (C=O) groups excluding carboxylic acids is 1. The van der Waals surface area contributed by atoms with E-state index >= 15 is 0 Å². The molecule has 0 bridgehead atoms. The number of anilines is 3. The lowest BCUT2D eigenvalue weighted by molar-refractivity contribution is 0.168. The first-order chi connectivity index (χ1) is 14.1. The molecule has 1 aromatic carbocycles. The van der Waals surface area contributed by atoms with Gasteiger partial charge in [0.2, 0.25) is 5.95 Å². The molecule has 0 spiro atoms. The minimum absolute atomic E-state index is 0.329. The number of hydrogen-bond donors (Lipinski definition) is 3. The first-order valence-corrected chi connectivity index (χ1v) is 9.77. The lowest BCUT2D eigenvalue weighted by atomic mass is 10.3. The number of nitrogens with zero attached hydrogens (tertiary/aromatic N) is 4. The van der Waals surface area contributed by atoms with Crippen molar-refractivity contribution < 1.29 is 9.53 Å². The minimum Gasteiger partial charge on any atom is -0.450 e. The van der Waals surface area contributed by atoms with Gasteiger partial charge in [-0.1, -0.05) is 11.8 Å². The van der Waals surface area contributed by atoms with E-state index in [0.717, 1.165) is 21.3 Å². The summed E-state index contributed by atoms with van der Waals surface area (Å²) in [7, 11) is 0. The van der Waals surface area contributed by atoms with E-state index in [1.165, 1.54) is 11.8 Å². The molecular formula is C19H19N7O2S. The summed E-state index contributed by atoms with van der Waals surface area (Å²) in [6.45, 7) is 4.03. The molecule has 1 amide bonds. The smallest absolute Gasteiger partial charge is 0.411 e. The molecule has 0 saturated carbocycles. The zero-order valence-electron chi connectivity index (χ0n) is 15.8. The molecule has 4 rings (SSSR count). The number of H-pyrrole nitrogens is 1. The fourth-order valence-electron chi connectivity index (χ4n) is 2.65. The van der Waals surface area contributed by atoms with Crippen molar-refractivity contribution in [3.63, 3.8) is 0 Å². The number of hydrogen-bond acceptors (Lipinski definition) is 7. The van der Waals surface area contributed by atoms with Crippen LogP contribution >= 0.6 is 11.8 Å². The fraction of sp³-hybridized carbons (Fsp3) is 0.158. The number of aryl methyl sites for hydroxylation is 1. The van der Waals surface area contributed by atoms with Gasteiger partial charge in [0.15, 0.2) is 5.82 Å². The Kier molecular flexibility index (Phi) is 5.34. The van der Waals surface area contributed by atoms with Crippen LogP contribution in [0.5, 0.6) is 0 Å². The quantitative estimate of drug-likeness (QED) is 0.409. The van der Waals surface area contributed by atoms with E-state index in [1.807, 2.05) is 53.9 Å². The first kappa shape index (κ1) is 18.8. The number of fused-ring (bicyclic) bond motifs is 1. The molecule has 4 aromatic rings. The molecule has 0 unspecified atom stereocenters. The molecule has 0 radical (unpaired) electrons. The SMILES string of the molecule is CCOC(=O)Nc1ccc(Sc2cc3nccn3c(Nc3cc(C)[nH]n3)n2)cc1. The van der Waals surface area contributed by atoms with Crippen molar-refractivity contribution in [2.45, 2.75) is 23.8 Å². The van der Waals surface area contributed by atoms with Crippen molar-refractivity contribution in [3.8, 4) is 0 Å². The van der Waals surface area contributed by atoms with E-state index in [2.05, 4.69) is 25.8 Å². The molecule has 3 heterocycles. The summed E-state index contributed by atoms with van der Waals surface area (Å²) in [5.41, 5.74) is 2.40. The molecule has 0 aliphatic heterocycles. The summed E-state index contributed by atoms with van der Waals surface area (Å²) in [6, 6.07) is 11.3. The number of benzene rings is 1. The molecule has 9 nitrogen and oxygen atoms in total. The third-order valence-corrected chi connectivity index (χ3v) is 4.84. The van der Waals surface area contributed by atoms with E-state index in [-0.39, 0.29) is 0 Å². The van der Waals surface area contributed by atoms with Crippen molar-refractivity contribution in [1.29, 1.82) is 0 Å². The summed E-state index contributed by atoms with van der Waals surface area (Å²) in [5.74, 6) is 1.30. The lowest BCUT2D eigenvalue weighted by Crippen LogP contribution is -2.12. The highest BCUT2D eigenvalue weighted by molar-refractivity contribution is 7.99. The second-order valence-corrected chi connectivity index (χ2v) is 7.20. The maximum atomic E-state index is 11.5. The van der Waals surface area contributed by atoms with Crippen molar-refractivity contribution >= 4 is 41.0 Å². The fourth-order valence-corrected chi connectivity index (χ4v) is 3.46.